The number of benzene rings is 2. The Labute approximate surface area is 335 Å². The maximum Gasteiger partial charge on any atom is 0.488 e. The SMILES string of the molecule is CN(CCSC=O)C(=O)CCC(NC(=O)c1ccc(N(C)Cc2cnc3nc(N)nc(NC(=O)OCc4ccc(B(O)O)cc4)c3n2)cc1)C(=O)N1CCSC1=O. The van der Waals surface area contributed by atoms with Crippen LogP contribution in [0.3, 0.4) is 0 Å². The molecule has 1 unspecified atom stereocenters. The van der Waals surface area contributed by atoms with Crippen LogP contribution in [0, 0.1) is 0 Å². The van der Waals surface area contributed by atoms with Crippen LogP contribution in [0.25, 0.3) is 11.2 Å². The maximum absolute atomic E-state index is 13.4. The largest absolute Gasteiger partial charge is 0.488 e. The Kier molecular flexibility index (Phi) is 14.7. The molecule has 1 atom stereocenters. The van der Waals surface area contributed by atoms with Gasteiger partial charge in [0.1, 0.15) is 12.6 Å². The van der Waals surface area contributed by atoms with E-state index in [0.717, 1.165) is 28.4 Å². The molecule has 0 spiro atoms. The standard InChI is InChI=1S/C35H39BN10O9S2/c1-44(13-15-56-20-47)27(48)12-11-26(32(50)46-14-16-57-35(46)52)40-31(49)22-5-9-25(10-6-22)45(2)18-24-17-38-29-28(39-24)30(42-33(37)41-29)43-34(51)55-19-21-3-7-23(8-4-21)36(53)54/h3-10,17,20,26,53-54H,11-16,18-19H2,1-2H3,(H,40,49)(H3,37,38,41,42,43,51). The minimum Gasteiger partial charge on any atom is -0.444 e. The van der Waals surface area contributed by atoms with Gasteiger partial charge in [0.05, 0.1) is 18.4 Å². The highest BCUT2D eigenvalue weighted by atomic mass is 32.2. The summed E-state index contributed by atoms with van der Waals surface area (Å²) < 4.78 is 5.29. The van der Waals surface area contributed by atoms with Gasteiger partial charge in [-0.2, -0.15) is 9.97 Å². The third-order valence-corrected chi connectivity index (χ3v) is 10.0. The van der Waals surface area contributed by atoms with Crippen molar-refractivity contribution in [3.8, 4) is 0 Å². The molecule has 0 radical (unpaired) electrons. The molecule has 298 valence electrons. The van der Waals surface area contributed by atoms with Crippen molar-refractivity contribution in [3.63, 3.8) is 0 Å². The molecule has 2 aromatic heterocycles. The smallest absolute Gasteiger partial charge is 0.444 e. The van der Waals surface area contributed by atoms with Gasteiger partial charge in [0.25, 0.3) is 17.1 Å². The maximum atomic E-state index is 13.4. The minimum atomic E-state index is -1.62. The van der Waals surface area contributed by atoms with E-state index >= 15 is 0 Å². The number of anilines is 3. The van der Waals surface area contributed by atoms with Crippen LogP contribution in [-0.2, 0) is 32.3 Å². The lowest BCUT2D eigenvalue weighted by Gasteiger charge is -2.24. The summed E-state index contributed by atoms with van der Waals surface area (Å²) in [7, 11) is 1.76. The summed E-state index contributed by atoms with van der Waals surface area (Å²) in [5.74, 6) is -0.743. The first-order chi connectivity index (χ1) is 27.3. The van der Waals surface area contributed by atoms with Crippen molar-refractivity contribution < 1.29 is 43.6 Å². The lowest BCUT2D eigenvalue weighted by atomic mass is 9.80. The second kappa shape index (κ2) is 19.8. The lowest BCUT2D eigenvalue weighted by Crippen LogP contribution is -2.49. The number of nitrogens with one attached hydrogen (secondary N) is 2. The number of thioether (sulfide) groups is 2. The molecule has 5 rings (SSSR count). The predicted molar refractivity (Wildman–Crippen MR) is 215 cm³/mol. The van der Waals surface area contributed by atoms with Crippen LogP contribution < -0.4 is 26.7 Å². The second-order valence-corrected chi connectivity index (χ2v) is 14.6. The van der Waals surface area contributed by atoms with Gasteiger partial charge in [-0.05, 0) is 41.7 Å². The fourth-order valence-electron chi connectivity index (χ4n) is 5.50. The molecule has 3 heterocycles. The van der Waals surface area contributed by atoms with Gasteiger partial charge >= 0.3 is 13.2 Å². The van der Waals surface area contributed by atoms with Gasteiger partial charge in [0.2, 0.25) is 11.9 Å². The van der Waals surface area contributed by atoms with E-state index in [0.29, 0.717) is 40.6 Å². The van der Waals surface area contributed by atoms with Gasteiger partial charge in [-0.15, -0.1) is 0 Å². The van der Waals surface area contributed by atoms with Crippen molar-refractivity contribution in [1.29, 1.82) is 0 Å². The normalized spacial score (nSPS) is 12.8. The highest BCUT2D eigenvalue weighted by Crippen LogP contribution is 2.22. The number of aromatic nitrogens is 4. The fraction of sp³-hybridized carbons (Fsp3) is 0.314. The molecular formula is C35H39BN10O9S2. The molecule has 57 heavy (non-hydrogen) atoms. The highest BCUT2D eigenvalue weighted by molar-refractivity contribution is 8.14. The van der Waals surface area contributed by atoms with Gasteiger partial charge < -0.3 is 35.6 Å². The van der Waals surface area contributed by atoms with Crippen LogP contribution in [0.4, 0.5) is 27.0 Å². The molecule has 1 aliphatic rings. The Balaban J connectivity index is 1.22. The van der Waals surface area contributed by atoms with Crippen molar-refractivity contribution in [2.24, 2.45) is 0 Å². The van der Waals surface area contributed by atoms with E-state index in [9.17, 15) is 38.8 Å². The van der Waals surface area contributed by atoms with Crippen LogP contribution >= 0.6 is 23.5 Å². The van der Waals surface area contributed by atoms with Gasteiger partial charge in [-0.25, -0.2) is 14.8 Å². The van der Waals surface area contributed by atoms with E-state index in [-0.39, 0.29) is 72.4 Å². The van der Waals surface area contributed by atoms with Gasteiger partial charge in [-0.1, -0.05) is 47.8 Å². The first-order valence-electron chi connectivity index (χ1n) is 17.4. The number of ether oxygens (including phenoxy) is 1. The quantitative estimate of drug-likeness (QED) is 0.0566. The van der Waals surface area contributed by atoms with Crippen molar-refractivity contribution in [2.75, 3.05) is 54.6 Å². The molecule has 1 aliphatic heterocycles. The number of hydrogen-bond donors (Lipinski definition) is 5. The molecule has 5 amide bonds. The number of nitrogens with two attached hydrogens (primary N) is 1. The Morgan fingerprint density at radius 1 is 1.09 bits per heavy atom. The monoisotopic (exact) mass is 818 g/mol. The summed E-state index contributed by atoms with van der Waals surface area (Å²) in [6.07, 6.45) is 0.553. The third-order valence-electron chi connectivity index (χ3n) is 8.63. The highest BCUT2D eigenvalue weighted by Gasteiger charge is 2.34. The molecule has 4 aromatic rings. The zero-order valence-electron chi connectivity index (χ0n) is 30.9. The number of hydrogen-bond acceptors (Lipinski definition) is 17. The lowest BCUT2D eigenvalue weighted by molar-refractivity contribution is -0.131. The van der Waals surface area contributed by atoms with E-state index in [1.54, 1.807) is 50.5 Å². The molecule has 22 heteroatoms. The van der Waals surface area contributed by atoms with Crippen LogP contribution in [0.15, 0.2) is 54.7 Å². The third kappa shape index (κ3) is 11.6. The van der Waals surface area contributed by atoms with Gasteiger partial charge in [-0.3, -0.25) is 34.2 Å². The van der Waals surface area contributed by atoms with Crippen LogP contribution in [0.2, 0.25) is 0 Å². The Hall–Kier alpha value is -5.84. The molecule has 0 aliphatic carbocycles. The molecule has 1 saturated heterocycles. The number of carbonyl (C=O) groups is 6. The van der Waals surface area contributed by atoms with Crippen molar-refractivity contribution in [3.05, 3.63) is 71.5 Å². The second-order valence-electron chi connectivity index (χ2n) is 12.6. The summed E-state index contributed by atoms with van der Waals surface area (Å²) in [6, 6.07) is 11.6. The molecule has 6 N–H and O–H groups in total. The van der Waals surface area contributed by atoms with E-state index in [4.69, 9.17) is 10.5 Å². The first-order valence-corrected chi connectivity index (χ1v) is 19.4. The van der Waals surface area contributed by atoms with E-state index in [1.165, 1.54) is 23.2 Å². The summed E-state index contributed by atoms with van der Waals surface area (Å²) >= 11 is 2.05. The van der Waals surface area contributed by atoms with Crippen LogP contribution in [0.1, 0.15) is 34.5 Å². The number of rotatable bonds is 17. The molecule has 0 bridgehead atoms. The average Bonchev–Trinajstić information content (AvgIpc) is 3.64. The van der Waals surface area contributed by atoms with E-state index in [2.05, 4.69) is 30.6 Å². The number of carbonyl (C=O) groups excluding carboxylic acids is 6. The van der Waals surface area contributed by atoms with Crippen molar-refractivity contribution >= 4 is 99.4 Å². The molecule has 1 fully saturated rings. The van der Waals surface area contributed by atoms with Gasteiger partial charge in [0.15, 0.2) is 22.6 Å². The summed E-state index contributed by atoms with van der Waals surface area (Å²) in [5.41, 5.74) is 9.13. The fourth-order valence-corrected chi connectivity index (χ4v) is 6.76. The Morgan fingerprint density at radius 3 is 2.49 bits per heavy atom. The molecule has 2 aromatic carbocycles. The minimum absolute atomic E-state index is 0.0247. The average molecular weight is 819 g/mol. The van der Waals surface area contributed by atoms with Crippen molar-refractivity contribution in [2.45, 2.75) is 32.0 Å². The number of imide groups is 1. The zero-order valence-corrected chi connectivity index (χ0v) is 32.5. The van der Waals surface area contributed by atoms with E-state index < -0.39 is 36.3 Å². The number of amides is 5. The Morgan fingerprint density at radius 2 is 1.82 bits per heavy atom. The Bertz CT molecular complexity index is 2120. The first kappa shape index (κ1) is 42.3. The summed E-state index contributed by atoms with van der Waals surface area (Å²) in [4.78, 5) is 96.6. The summed E-state index contributed by atoms with van der Waals surface area (Å²) in [5, 5.41) is 23.3. The number of nitrogen functional groups attached to an aromatic ring is 1. The molecule has 19 nitrogen and oxygen atoms in total. The van der Waals surface area contributed by atoms with Gasteiger partial charge in [0, 0.05) is 56.4 Å². The number of fused-ring (bicyclic) bond motifs is 1. The molecule has 0 saturated carbocycles. The topological polar surface area (TPSA) is 263 Å². The van der Waals surface area contributed by atoms with Crippen LogP contribution in [-0.4, -0.2) is 126 Å². The van der Waals surface area contributed by atoms with Crippen molar-refractivity contribution in [1.82, 2.24) is 35.1 Å². The predicted octanol–water partition coefficient (Wildman–Crippen LogP) is 1.02. The molecular weight excluding hydrogens is 779 g/mol. The van der Waals surface area contributed by atoms with Crippen LogP contribution in [0.5, 0.6) is 0 Å². The number of nitrogens with zero attached hydrogens (tertiary/aromatic N) is 7. The summed E-state index contributed by atoms with van der Waals surface area (Å²) in [6.45, 7) is 0.653. The van der Waals surface area contributed by atoms with E-state index in [1.807, 2.05) is 4.90 Å². The zero-order chi connectivity index (χ0) is 41.1.